The van der Waals surface area contributed by atoms with Gasteiger partial charge in [0.15, 0.2) is 0 Å². The maximum Gasteiger partial charge on any atom is 0.130 e. The molecule has 2 nitrogen and oxygen atoms in total. The van der Waals surface area contributed by atoms with E-state index in [1.807, 2.05) is 14.0 Å². The Labute approximate surface area is 101 Å². The van der Waals surface area contributed by atoms with Gasteiger partial charge in [-0.25, -0.2) is 8.78 Å². The number of benzene rings is 1. The van der Waals surface area contributed by atoms with Gasteiger partial charge in [0.2, 0.25) is 0 Å². The Kier molecular flexibility index (Phi) is 3.74. The zero-order valence-corrected chi connectivity index (χ0v) is 10.2. The summed E-state index contributed by atoms with van der Waals surface area (Å²) in [4.78, 5) is 2.11. The van der Waals surface area contributed by atoms with Gasteiger partial charge in [0.05, 0.1) is 0 Å². The van der Waals surface area contributed by atoms with E-state index < -0.39 is 11.6 Å². The van der Waals surface area contributed by atoms with E-state index in [0.29, 0.717) is 6.04 Å². The molecule has 0 aliphatic carbocycles. The quantitative estimate of drug-likeness (QED) is 0.872. The highest BCUT2D eigenvalue weighted by molar-refractivity contribution is 5.23. The molecule has 2 atom stereocenters. The van der Waals surface area contributed by atoms with E-state index in [0.717, 1.165) is 19.5 Å². The Morgan fingerprint density at radius 2 is 2.00 bits per heavy atom. The molecule has 1 N–H and O–H groups in total. The third-order valence-electron chi connectivity index (χ3n) is 3.59. The number of hydrogen-bond acceptors (Lipinski definition) is 2. The summed E-state index contributed by atoms with van der Waals surface area (Å²) in [5, 5.41) is 3.20. The third kappa shape index (κ3) is 2.48. The SMILES string of the molecule is CNC1CCN(C(C)c2c(F)cccc2F)C1. The van der Waals surface area contributed by atoms with E-state index in [1.54, 1.807) is 0 Å². The van der Waals surface area contributed by atoms with Gasteiger partial charge in [-0.1, -0.05) is 6.07 Å². The molecule has 17 heavy (non-hydrogen) atoms. The number of nitrogens with zero attached hydrogens (tertiary/aromatic N) is 1. The lowest BCUT2D eigenvalue weighted by Crippen LogP contribution is -2.31. The summed E-state index contributed by atoms with van der Waals surface area (Å²) < 4.78 is 27.3. The van der Waals surface area contributed by atoms with E-state index in [2.05, 4.69) is 10.2 Å². The highest BCUT2D eigenvalue weighted by atomic mass is 19.1. The van der Waals surface area contributed by atoms with Gasteiger partial charge in [-0.2, -0.15) is 0 Å². The highest BCUT2D eigenvalue weighted by Crippen LogP contribution is 2.28. The first-order chi connectivity index (χ1) is 8.13. The molecule has 1 aromatic rings. The summed E-state index contributed by atoms with van der Waals surface area (Å²) in [6, 6.07) is 4.25. The third-order valence-corrected chi connectivity index (χ3v) is 3.59. The summed E-state index contributed by atoms with van der Waals surface area (Å²) in [5.74, 6) is -0.907. The zero-order valence-electron chi connectivity index (χ0n) is 10.2. The van der Waals surface area contributed by atoms with Crippen molar-refractivity contribution in [1.29, 1.82) is 0 Å². The molecule has 0 amide bonds. The monoisotopic (exact) mass is 240 g/mol. The van der Waals surface area contributed by atoms with Crippen molar-refractivity contribution in [3.63, 3.8) is 0 Å². The molecule has 1 aliphatic heterocycles. The van der Waals surface area contributed by atoms with Crippen LogP contribution in [0, 0.1) is 11.6 Å². The molecule has 4 heteroatoms. The first-order valence-corrected chi connectivity index (χ1v) is 5.98. The number of halogens is 2. The lowest BCUT2D eigenvalue weighted by atomic mass is 10.1. The fourth-order valence-electron chi connectivity index (χ4n) is 2.47. The summed E-state index contributed by atoms with van der Waals surface area (Å²) >= 11 is 0. The molecule has 0 saturated carbocycles. The molecule has 2 rings (SSSR count). The van der Waals surface area contributed by atoms with E-state index in [1.165, 1.54) is 18.2 Å². The van der Waals surface area contributed by atoms with Crippen molar-refractivity contribution in [1.82, 2.24) is 10.2 Å². The van der Waals surface area contributed by atoms with E-state index >= 15 is 0 Å². The Morgan fingerprint density at radius 3 is 2.53 bits per heavy atom. The van der Waals surface area contributed by atoms with Gasteiger partial charge in [0.1, 0.15) is 11.6 Å². The van der Waals surface area contributed by atoms with Crippen LogP contribution >= 0.6 is 0 Å². The first-order valence-electron chi connectivity index (χ1n) is 5.98. The number of likely N-dealkylation sites (N-methyl/N-ethyl adjacent to an activating group) is 1. The highest BCUT2D eigenvalue weighted by Gasteiger charge is 2.28. The van der Waals surface area contributed by atoms with Crippen LogP contribution in [0.4, 0.5) is 8.78 Å². The van der Waals surface area contributed by atoms with Gasteiger partial charge >= 0.3 is 0 Å². The molecule has 0 aromatic heterocycles. The van der Waals surface area contributed by atoms with Crippen LogP contribution in [0.15, 0.2) is 18.2 Å². The van der Waals surface area contributed by atoms with Crippen LogP contribution in [0.5, 0.6) is 0 Å². The van der Waals surface area contributed by atoms with Gasteiger partial charge in [-0.15, -0.1) is 0 Å². The maximum absolute atomic E-state index is 13.7. The van der Waals surface area contributed by atoms with Gasteiger partial charge in [0.25, 0.3) is 0 Å². The second-order valence-electron chi connectivity index (χ2n) is 4.58. The van der Waals surface area contributed by atoms with Crippen LogP contribution in [0.3, 0.4) is 0 Å². The summed E-state index contributed by atoms with van der Waals surface area (Å²) in [7, 11) is 1.92. The van der Waals surface area contributed by atoms with Crippen LogP contribution in [0.25, 0.3) is 0 Å². The Morgan fingerprint density at radius 1 is 1.35 bits per heavy atom. The Hall–Kier alpha value is -1.00. The maximum atomic E-state index is 13.7. The number of likely N-dealkylation sites (tertiary alicyclic amines) is 1. The van der Waals surface area contributed by atoms with Crippen molar-refractivity contribution >= 4 is 0 Å². The van der Waals surface area contributed by atoms with Crippen LogP contribution in [-0.2, 0) is 0 Å². The standard InChI is InChI=1S/C13H18F2N2/c1-9(17-7-6-10(8-17)16-2)13-11(14)4-3-5-12(13)15/h3-5,9-10,16H,6-8H2,1-2H3. The van der Waals surface area contributed by atoms with E-state index in [4.69, 9.17) is 0 Å². The number of nitrogens with one attached hydrogen (secondary N) is 1. The molecule has 1 aliphatic rings. The predicted octanol–water partition coefficient (Wildman–Crippen LogP) is 2.32. The van der Waals surface area contributed by atoms with Crippen molar-refractivity contribution in [2.75, 3.05) is 20.1 Å². The minimum Gasteiger partial charge on any atom is -0.316 e. The lowest BCUT2D eigenvalue weighted by molar-refractivity contribution is 0.246. The van der Waals surface area contributed by atoms with Gasteiger partial charge in [-0.3, -0.25) is 4.90 Å². The topological polar surface area (TPSA) is 15.3 Å². The normalized spacial score (nSPS) is 22.9. The fraction of sp³-hybridized carbons (Fsp3) is 0.538. The van der Waals surface area contributed by atoms with Crippen LogP contribution in [-0.4, -0.2) is 31.1 Å². The second-order valence-corrected chi connectivity index (χ2v) is 4.58. The van der Waals surface area contributed by atoms with Crippen molar-refractivity contribution in [3.8, 4) is 0 Å². The van der Waals surface area contributed by atoms with Crippen molar-refractivity contribution in [3.05, 3.63) is 35.4 Å². The average Bonchev–Trinajstić information content (AvgIpc) is 2.77. The Bertz CT molecular complexity index is 375. The molecule has 0 radical (unpaired) electrons. The predicted molar refractivity (Wildman–Crippen MR) is 63.8 cm³/mol. The molecule has 0 spiro atoms. The van der Waals surface area contributed by atoms with E-state index in [9.17, 15) is 8.78 Å². The minimum atomic E-state index is -0.453. The summed E-state index contributed by atoms with van der Waals surface area (Å²) in [5.41, 5.74) is 0.184. The van der Waals surface area contributed by atoms with E-state index in [-0.39, 0.29) is 11.6 Å². The molecule has 1 fully saturated rings. The second kappa shape index (κ2) is 5.10. The van der Waals surface area contributed by atoms with Gasteiger partial charge in [0, 0.05) is 30.7 Å². The smallest absolute Gasteiger partial charge is 0.130 e. The average molecular weight is 240 g/mol. The molecular formula is C13H18F2N2. The van der Waals surface area contributed by atoms with Crippen molar-refractivity contribution in [2.24, 2.45) is 0 Å². The molecular weight excluding hydrogens is 222 g/mol. The zero-order chi connectivity index (χ0) is 12.4. The lowest BCUT2D eigenvalue weighted by Gasteiger charge is -2.25. The molecule has 1 saturated heterocycles. The molecule has 2 unspecified atom stereocenters. The van der Waals surface area contributed by atoms with Gasteiger partial charge in [-0.05, 0) is 32.5 Å². The molecule has 0 bridgehead atoms. The Balaban J connectivity index is 2.17. The van der Waals surface area contributed by atoms with Crippen LogP contribution < -0.4 is 5.32 Å². The van der Waals surface area contributed by atoms with Crippen molar-refractivity contribution < 1.29 is 8.78 Å². The summed E-state index contributed by atoms with van der Waals surface area (Å²) in [6.07, 6.45) is 1.02. The summed E-state index contributed by atoms with van der Waals surface area (Å²) in [6.45, 7) is 3.57. The van der Waals surface area contributed by atoms with Crippen LogP contribution in [0.2, 0.25) is 0 Å². The molecule has 1 aromatic carbocycles. The molecule has 94 valence electrons. The molecule has 1 heterocycles. The number of rotatable bonds is 3. The number of hydrogen-bond donors (Lipinski definition) is 1. The minimum absolute atomic E-state index is 0.184. The van der Waals surface area contributed by atoms with Gasteiger partial charge < -0.3 is 5.32 Å². The first kappa shape index (κ1) is 12.5. The fourth-order valence-corrected chi connectivity index (χ4v) is 2.47. The van der Waals surface area contributed by atoms with Crippen molar-refractivity contribution in [2.45, 2.75) is 25.4 Å². The van der Waals surface area contributed by atoms with Crippen LogP contribution in [0.1, 0.15) is 24.9 Å². The largest absolute Gasteiger partial charge is 0.316 e.